The number of H-pyrrole nitrogens is 1. The number of nitrogens with zero attached hydrogens (tertiary/aromatic N) is 2. The van der Waals surface area contributed by atoms with Crippen LogP contribution in [0.2, 0.25) is 0 Å². The van der Waals surface area contributed by atoms with E-state index in [1.807, 2.05) is 21.1 Å². The van der Waals surface area contributed by atoms with Crippen molar-refractivity contribution in [1.82, 2.24) is 14.7 Å². The molecule has 0 aliphatic carbocycles. The summed E-state index contributed by atoms with van der Waals surface area (Å²) in [5, 5.41) is 15.3. The third kappa shape index (κ3) is 1.11. The second-order valence-corrected chi connectivity index (χ2v) is 3.12. The molecule has 0 unspecified atom stereocenters. The standard InChI is InChI=1S/C6H11N3O/c1-9(2,3)5-4-7-8-6(5)10/h4H,1-3H3,(H-,7,8,10)/p+1. The zero-order valence-electron chi connectivity index (χ0n) is 6.42. The van der Waals surface area contributed by atoms with Crippen LogP contribution in [0.5, 0.6) is 5.88 Å². The van der Waals surface area contributed by atoms with Crippen LogP contribution in [0.1, 0.15) is 0 Å². The van der Waals surface area contributed by atoms with Crippen molar-refractivity contribution in [2.24, 2.45) is 0 Å². The molecule has 0 atom stereocenters. The van der Waals surface area contributed by atoms with Gasteiger partial charge in [-0.3, -0.25) is 4.48 Å². The maximum absolute atomic E-state index is 9.15. The summed E-state index contributed by atoms with van der Waals surface area (Å²) in [5.74, 6) is 0.146. The monoisotopic (exact) mass is 142 g/mol. The molecule has 0 bridgehead atoms. The van der Waals surface area contributed by atoms with Crippen molar-refractivity contribution in [3.63, 3.8) is 0 Å². The van der Waals surface area contributed by atoms with Gasteiger partial charge in [0.1, 0.15) is 6.20 Å². The van der Waals surface area contributed by atoms with Crippen molar-refractivity contribution in [2.45, 2.75) is 0 Å². The van der Waals surface area contributed by atoms with E-state index in [2.05, 4.69) is 10.2 Å². The summed E-state index contributed by atoms with van der Waals surface area (Å²) in [6.45, 7) is 0. The van der Waals surface area contributed by atoms with E-state index >= 15 is 0 Å². The van der Waals surface area contributed by atoms with Crippen LogP contribution in [0, 0.1) is 0 Å². The zero-order chi connectivity index (χ0) is 7.78. The lowest BCUT2D eigenvalue weighted by Crippen LogP contribution is -2.34. The Bertz CT molecular complexity index is 223. The van der Waals surface area contributed by atoms with Gasteiger partial charge in [0.25, 0.3) is 5.88 Å². The summed E-state index contributed by atoms with van der Waals surface area (Å²) in [5.41, 5.74) is 0.792. The molecule has 1 aromatic rings. The summed E-state index contributed by atoms with van der Waals surface area (Å²) < 4.78 is 0.572. The van der Waals surface area contributed by atoms with Gasteiger partial charge < -0.3 is 5.11 Å². The van der Waals surface area contributed by atoms with Gasteiger partial charge in [-0.05, 0) is 0 Å². The van der Waals surface area contributed by atoms with E-state index in [0.29, 0.717) is 4.48 Å². The summed E-state index contributed by atoms with van der Waals surface area (Å²) in [6.07, 6.45) is 1.62. The average Bonchev–Trinajstić information content (AvgIpc) is 2.11. The lowest BCUT2D eigenvalue weighted by molar-refractivity contribution is 0.415. The van der Waals surface area contributed by atoms with E-state index in [9.17, 15) is 0 Å². The van der Waals surface area contributed by atoms with E-state index in [1.165, 1.54) is 0 Å². The summed E-state index contributed by atoms with van der Waals surface area (Å²) in [4.78, 5) is 0. The predicted octanol–water partition coefficient (Wildman–Crippen LogP) is 0.312. The molecule has 0 spiro atoms. The van der Waals surface area contributed by atoms with Crippen molar-refractivity contribution in [3.8, 4) is 5.88 Å². The smallest absolute Gasteiger partial charge is 0.270 e. The topological polar surface area (TPSA) is 48.9 Å². The first-order valence-electron chi connectivity index (χ1n) is 3.06. The fourth-order valence-corrected chi connectivity index (χ4v) is 0.764. The fraction of sp³-hybridized carbons (Fsp3) is 0.500. The van der Waals surface area contributed by atoms with Crippen molar-refractivity contribution in [1.29, 1.82) is 0 Å². The highest BCUT2D eigenvalue weighted by atomic mass is 16.3. The largest absolute Gasteiger partial charge is 0.489 e. The van der Waals surface area contributed by atoms with E-state index in [-0.39, 0.29) is 5.88 Å². The second-order valence-electron chi connectivity index (χ2n) is 3.12. The van der Waals surface area contributed by atoms with Crippen molar-refractivity contribution in [3.05, 3.63) is 6.20 Å². The van der Waals surface area contributed by atoms with Gasteiger partial charge in [-0.1, -0.05) is 0 Å². The van der Waals surface area contributed by atoms with Gasteiger partial charge in [-0.2, -0.15) is 5.10 Å². The van der Waals surface area contributed by atoms with Crippen molar-refractivity contribution in [2.75, 3.05) is 21.1 Å². The highest BCUT2D eigenvalue weighted by Crippen LogP contribution is 2.24. The van der Waals surface area contributed by atoms with Gasteiger partial charge in [0.15, 0.2) is 0 Å². The van der Waals surface area contributed by atoms with Gasteiger partial charge >= 0.3 is 0 Å². The van der Waals surface area contributed by atoms with Gasteiger partial charge in [-0.15, -0.1) is 0 Å². The van der Waals surface area contributed by atoms with Crippen LogP contribution in [0.3, 0.4) is 0 Å². The third-order valence-corrected chi connectivity index (χ3v) is 1.32. The Balaban J connectivity index is 3.05. The molecule has 1 heterocycles. The van der Waals surface area contributed by atoms with E-state index in [0.717, 1.165) is 5.69 Å². The van der Waals surface area contributed by atoms with Crippen LogP contribution in [0.15, 0.2) is 6.20 Å². The molecule has 1 rings (SSSR count). The maximum Gasteiger partial charge on any atom is 0.270 e. The Morgan fingerprint density at radius 2 is 2.10 bits per heavy atom. The number of hydrogen-bond donors (Lipinski definition) is 2. The fourth-order valence-electron chi connectivity index (χ4n) is 0.764. The normalized spacial score (nSPS) is 11.9. The van der Waals surface area contributed by atoms with Gasteiger partial charge in [0, 0.05) is 0 Å². The Morgan fingerprint density at radius 1 is 1.50 bits per heavy atom. The van der Waals surface area contributed by atoms with E-state index in [1.54, 1.807) is 6.20 Å². The highest BCUT2D eigenvalue weighted by molar-refractivity contribution is 5.47. The molecule has 56 valence electrons. The lowest BCUT2D eigenvalue weighted by atomic mass is 10.4. The molecular formula is C6H12N3O+. The number of aromatic nitrogens is 2. The summed E-state index contributed by atoms with van der Waals surface area (Å²) >= 11 is 0. The number of aromatic hydroxyl groups is 1. The second kappa shape index (κ2) is 1.98. The zero-order valence-corrected chi connectivity index (χ0v) is 6.42. The molecule has 2 N–H and O–H groups in total. The Morgan fingerprint density at radius 3 is 2.30 bits per heavy atom. The molecule has 0 radical (unpaired) electrons. The van der Waals surface area contributed by atoms with Crippen LogP contribution in [0.25, 0.3) is 0 Å². The van der Waals surface area contributed by atoms with Crippen LogP contribution in [0.4, 0.5) is 5.69 Å². The summed E-state index contributed by atoms with van der Waals surface area (Å²) in [6, 6.07) is 0. The molecule has 0 aliphatic heterocycles. The first-order chi connectivity index (χ1) is 4.52. The van der Waals surface area contributed by atoms with E-state index < -0.39 is 0 Å². The third-order valence-electron chi connectivity index (χ3n) is 1.32. The summed E-state index contributed by atoms with van der Waals surface area (Å²) in [7, 11) is 5.89. The number of hydrogen-bond acceptors (Lipinski definition) is 2. The molecule has 0 fully saturated rings. The molecule has 4 nitrogen and oxygen atoms in total. The SMILES string of the molecule is C[N+](C)(C)c1cn[nH]c1O. The molecule has 0 aromatic carbocycles. The minimum Gasteiger partial charge on any atom is -0.489 e. The Hall–Kier alpha value is -1.03. The number of nitrogens with one attached hydrogen (secondary N) is 1. The molecule has 0 aliphatic rings. The van der Waals surface area contributed by atoms with Gasteiger partial charge in [0.05, 0.1) is 21.1 Å². The van der Waals surface area contributed by atoms with Crippen molar-refractivity contribution >= 4 is 5.69 Å². The maximum atomic E-state index is 9.15. The molecule has 1 aromatic heterocycles. The minimum atomic E-state index is 0.146. The Kier molecular flexibility index (Phi) is 1.40. The van der Waals surface area contributed by atoms with E-state index in [4.69, 9.17) is 5.11 Å². The number of rotatable bonds is 1. The molecule has 10 heavy (non-hydrogen) atoms. The van der Waals surface area contributed by atoms with Crippen LogP contribution in [-0.4, -0.2) is 36.4 Å². The van der Waals surface area contributed by atoms with Crippen molar-refractivity contribution < 1.29 is 5.11 Å². The lowest BCUT2D eigenvalue weighted by Gasteiger charge is -2.20. The number of aromatic amines is 1. The molecular weight excluding hydrogens is 130 g/mol. The molecule has 0 amide bonds. The molecule has 0 saturated heterocycles. The minimum absolute atomic E-state index is 0.146. The Labute approximate surface area is 59.7 Å². The van der Waals surface area contributed by atoms with Gasteiger partial charge in [0.2, 0.25) is 5.69 Å². The average molecular weight is 142 g/mol. The molecule has 4 heteroatoms. The highest BCUT2D eigenvalue weighted by Gasteiger charge is 2.18. The first kappa shape index (κ1) is 7.08. The van der Waals surface area contributed by atoms with Crippen LogP contribution in [-0.2, 0) is 0 Å². The predicted molar refractivity (Wildman–Crippen MR) is 39.8 cm³/mol. The van der Waals surface area contributed by atoms with Crippen LogP contribution < -0.4 is 4.48 Å². The van der Waals surface area contributed by atoms with Gasteiger partial charge in [-0.25, -0.2) is 5.10 Å². The number of quaternary nitrogens is 1. The van der Waals surface area contributed by atoms with Crippen LogP contribution >= 0.6 is 0 Å². The quantitative estimate of drug-likeness (QED) is 0.554. The first-order valence-corrected chi connectivity index (χ1v) is 3.06. The molecule has 0 saturated carbocycles.